The van der Waals surface area contributed by atoms with Crippen molar-refractivity contribution in [2.24, 2.45) is 5.10 Å². The number of rotatable bonds is 10. The van der Waals surface area contributed by atoms with E-state index in [-0.39, 0.29) is 11.4 Å². The van der Waals surface area contributed by atoms with Crippen LogP contribution in [0.15, 0.2) is 82.8 Å². The number of methoxy groups -OCH3 is 1. The molecule has 0 aliphatic heterocycles. The minimum absolute atomic E-state index is 0.0826. The quantitative estimate of drug-likeness (QED) is 0.354. The highest BCUT2D eigenvalue weighted by Crippen LogP contribution is 2.23. The Morgan fingerprint density at radius 3 is 2.41 bits per heavy atom. The summed E-state index contributed by atoms with van der Waals surface area (Å²) < 4.78 is 37.4. The number of likely N-dealkylation sites (N-methyl/N-ethyl adjacent to an activating group) is 1. The van der Waals surface area contributed by atoms with E-state index in [4.69, 9.17) is 9.47 Å². The van der Waals surface area contributed by atoms with E-state index in [0.717, 1.165) is 15.4 Å². The van der Waals surface area contributed by atoms with Crippen molar-refractivity contribution >= 4 is 22.1 Å². The van der Waals surface area contributed by atoms with Gasteiger partial charge in [-0.2, -0.15) is 9.41 Å². The van der Waals surface area contributed by atoms with Gasteiger partial charge in [0.2, 0.25) is 10.0 Å². The van der Waals surface area contributed by atoms with Gasteiger partial charge in [0.1, 0.15) is 18.1 Å². The molecule has 34 heavy (non-hydrogen) atoms. The molecule has 0 aliphatic rings. The summed E-state index contributed by atoms with van der Waals surface area (Å²) in [4.78, 5) is 12.3. The summed E-state index contributed by atoms with van der Waals surface area (Å²) in [5.74, 6) is 0.741. The van der Waals surface area contributed by atoms with Crippen molar-refractivity contribution in [2.75, 3.05) is 20.7 Å². The zero-order valence-electron chi connectivity index (χ0n) is 19.3. The van der Waals surface area contributed by atoms with Gasteiger partial charge in [0.25, 0.3) is 5.91 Å². The fourth-order valence-corrected chi connectivity index (χ4v) is 4.30. The van der Waals surface area contributed by atoms with E-state index >= 15 is 0 Å². The van der Waals surface area contributed by atoms with Crippen molar-refractivity contribution in [3.8, 4) is 11.5 Å². The Balaban J connectivity index is 1.50. The van der Waals surface area contributed by atoms with Crippen molar-refractivity contribution in [3.63, 3.8) is 0 Å². The number of sulfonamides is 1. The van der Waals surface area contributed by atoms with Gasteiger partial charge in [-0.25, -0.2) is 13.8 Å². The third-order valence-corrected chi connectivity index (χ3v) is 6.77. The predicted molar refractivity (Wildman–Crippen MR) is 130 cm³/mol. The standard InChI is InChI=1S/C25H27N3O5S/c1-19-15-23(13-14-24(19)32-3)34(30,31)28(2)17-25(29)27-26-16-20-9-11-22(12-10-20)33-18-21-7-5-4-6-8-21/h4-16H,17-18H2,1-3H3,(H,27,29). The van der Waals surface area contributed by atoms with Crippen LogP contribution < -0.4 is 14.9 Å². The summed E-state index contributed by atoms with van der Waals surface area (Å²) in [6.07, 6.45) is 1.47. The molecule has 0 saturated carbocycles. The number of hydrogen-bond acceptors (Lipinski definition) is 6. The maximum atomic E-state index is 12.7. The lowest BCUT2D eigenvalue weighted by atomic mass is 10.2. The second-order valence-corrected chi connectivity index (χ2v) is 9.57. The van der Waals surface area contributed by atoms with Gasteiger partial charge in [0.05, 0.1) is 24.8 Å². The number of nitrogens with one attached hydrogen (secondary N) is 1. The van der Waals surface area contributed by atoms with Crippen molar-refractivity contribution in [1.29, 1.82) is 0 Å². The Labute approximate surface area is 199 Å². The fourth-order valence-electron chi connectivity index (χ4n) is 3.08. The molecule has 1 N–H and O–H groups in total. The molecule has 0 aromatic heterocycles. The number of nitrogens with zero attached hydrogens (tertiary/aromatic N) is 2. The Bertz CT molecular complexity index is 1240. The van der Waals surface area contributed by atoms with E-state index in [1.807, 2.05) is 42.5 Å². The van der Waals surface area contributed by atoms with E-state index in [1.165, 1.54) is 32.5 Å². The average Bonchev–Trinajstić information content (AvgIpc) is 2.84. The average molecular weight is 482 g/mol. The fraction of sp³-hybridized carbons (Fsp3) is 0.200. The van der Waals surface area contributed by atoms with E-state index in [1.54, 1.807) is 25.1 Å². The number of benzene rings is 3. The number of carbonyl (C=O) groups excluding carboxylic acids is 1. The number of hydrogen-bond donors (Lipinski definition) is 1. The van der Waals surface area contributed by atoms with Crippen LogP contribution in [0.3, 0.4) is 0 Å². The van der Waals surface area contributed by atoms with Gasteiger partial charge in [-0.1, -0.05) is 30.3 Å². The normalized spacial score (nSPS) is 11.5. The molecular weight excluding hydrogens is 454 g/mol. The Morgan fingerprint density at radius 1 is 1.06 bits per heavy atom. The van der Waals surface area contributed by atoms with Crippen molar-refractivity contribution in [2.45, 2.75) is 18.4 Å². The first-order valence-electron chi connectivity index (χ1n) is 10.5. The van der Waals surface area contributed by atoms with Crippen molar-refractivity contribution in [1.82, 2.24) is 9.73 Å². The van der Waals surface area contributed by atoms with E-state index in [0.29, 0.717) is 23.7 Å². The van der Waals surface area contributed by atoms with Crippen LogP contribution in [0.25, 0.3) is 0 Å². The molecule has 0 bridgehead atoms. The first-order valence-corrected chi connectivity index (χ1v) is 11.9. The first kappa shape index (κ1) is 24.9. The molecule has 0 heterocycles. The molecule has 0 fully saturated rings. The van der Waals surface area contributed by atoms with Crippen LogP contribution in [0.5, 0.6) is 11.5 Å². The number of ether oxygens (including phenoxy) is 2. The van der Waals surface area contributed by atoms with Crippen LogP contribution in [0.4, 0.5) is 0 Å². The zero-order valence-corrected chi connectivity index (χ0v) is 20.1. The number of amides is 1. The molecule has 178 valence electrons. The lowest BCUT2D eigenvalue weighted by molar-refractivity contribution is -0.121. The van der Waals surface area contributed by atoms with Gasteiger partial charge in [-0.3, -0.25) is 4.79 Å². The van der Waals surface area contributed by atoms with E-state index in [9.17, 15) is 13.2 Å². The van der Waals surface area contributed by atoms with E-state index < -0.39 is 15.9 Å². The SMILES string of the molecule is COc1ccc(S(=O)(=O)N(C)CC(=O)NN=Cc2ccc(OCc3ccccc3)cc2)cc1C. The van der Waals surface area contributed by atoms with Gasteiger partial charge in [0, 0.05) is 7.05 Å². The first-order chi connectivity index (χ1) is 16.3. The Hall–Kier alpha value is -3.69. The van der Waals surface area contributed by atoms with Crippen molar-refractivity contribution < 1.29 is 22.7 Å². The summed E-state index contributed by atoms with van der Waals surface area (Å²) >= 11 is 0. The molecule has 3 aromatic carbocycles. The second-order valence-electron chi connectivity index (χ2n) is 7.53. The summed E-state index contributed by atoms with van der Waals surface area (Å²) in [7, 11) is -0.983. The van der Waals surface area contributed by atoms with Gasteiger partial charge in [-0.05, 0) is 66.1 Å². The lowest BCUT2D eigenvalue weighted by Gasteiger charge is -2.17. The van der Waals surface area contributed by atoms with Crippen LogP contribution in [0, 0.1) is 6.92 Å². The summed E-state index contributed by atoms with van der Waals surface area (Å²) in [5, 5.41) is 3.91. The highest BCUT2D eigenvalue weighted by atomic mass is 32.2. The van der Waals surface area contributed by atoms with Crippen LogP contribution in [0.2, 0.25) is 0 Å². The van der Waals surface area contributed by atoms with Crippen LogP contribution in [-0.4, -0.2) is 45.5 Å². The van der Waals surface area contributed by atoms with Crippen molar-refractivity contribution in [3.05, 3.63) is 89.5 Å². The van der Waals surface area contributed by atoms with E-state index in [2.05, 4.69) is 10.5 Å². The Morgan fingerprint density at radius 2 is 1.76 bits per heavy atom. The van der Waals surface area contributed by atoms with Gasteiger partial charge in [0.15, 0.2) is 0 Å². The van der Waals surface area contributed by atoms with Crippen LogP contribution in [0.1, 0.15) is 16.7 Å². The minimum atomic E-state index is -3.84. The molecule has 8 nitrogen and oxygen atoms in total. The molecule has 0 saturated heterocycles. The monoisotopic (exact) mass is 481 g/mol. The topological polar surface area (TPSA) is 97.3 Å². The van der Waals surface area contributed by atoms with Gasteiger partial charge < -0.3 is 9.47 Å². The molecule has 0 radical (unpaired) electrons. The second kappa shape index (κ2) is 11.4. The molecule has 0 atom stereocenters. The lowest BCUT2D eigenvalue weighted by Crippen LogP contribution is -2.36. The molecule has 9 heteroatoms. The van der Waals surface area contributed by atoms with Crippen LogP contribution >= 0.6 is 0 Å². The maximum Gasteiger partial charge on any atom is 0.255 e. The largest absolute Gasteiger partial charge is 0.496 e. The molecule has 3 aromatic rings. The third kappa shape index (κ3) is 6.66. The Kier molecular flexibility index (Phi) is 8.39. The number of carbonyl (C=O) groups is 1. The molecule has 0 unspecified atom stereocenters. The molecule has 3 rings (SSSR count). The molecule has 1 amide bonds. The minimum Gasteiger partial charge on any atom is -0.496 e. The highest BCUT2D eigenvalue weighted by molar-refractivity contribution is 7.89. The number of aryl methyl sites for hydroxylation is 1. The summed E-state index contributed by atoms with van der Waals surface area (Å²) in [6.45, 7) is 1.84. The number of hydrazone groups is 1. The maximum absolute atomic E-state index is 12.7. The summed E-state index contributed by atoms with van der Waals surface area (Å²) in [5.41, 5.74) is 4.86. The van der Waals surface area contributed by atoms with Crippen LogP contribution in [-0.2, 0) is 21.4 Å². The third-order valence-electron chi connectivity index (χ3n) is 4.97. The molecule has 0 aliphatic carbocycles. The van der Waals surface area contributed by atoms with Gasteiger partial charge in [-0.15, -0.1) is 0 Å². The highest BCUT2D eigenvalue weighted by Gasteiger charge is 2.23. The smallest absolute Gasteiger partial charge is 0.255 e. The molecular formula is C25H27N3O5S. The summed E-state index contributed by atoms with van der Waals surface area (Å²) in [6, 6.07) is 21.6. The predicted octanol–water partition coefficient (Wildman–Crippen LogP) is 3.35. The molecule has 0 spiro atoms. The van der Waals surface area contributed by atoms with Gasteiger partial charge >= 0.3 is 0 Å². The zero-order chi connectivity index (χ0) is 24.6.